The van der Waals surface area contributed by atoms with Crippen molar-refractivity contribution in [2.75, 3.05) is 0 Å². The molecule has 0 fully saturated rings. The van der Waals surface area contributed by atoms with E-state index in [1.165, 1.54) is 12.1 Å². The number of hydrogen-bond acceptors (Lipinski definition) is 5. The molecule has 3 N–H and O–H groups in total. The molecule has 1 rings (SSSR count). The fourth-order valence-corrected chi connectivity index (χ4v) is 3.74. The van der Waals surface area contributed by atoms with Gasteiger partial charge in [0.05, 0.1) is 4.92 Å². The van der Waals surface area contributed by atoms with Crippen LogP contribution in [0.15, 0.2) is 18.2 Å². The van der Waals surface area contributed by atoms with Gasteiger partial charge in [-0.3, -0.25) is 14.9 Å². The summed E-state index contributed by atoms with van der Waals surface area (Å²) < 4.78 is 0. The van der Waals surface area contributed by atoms with E-state index >= 15 is 0 Å². The van der Waals surface area contributed by atoms with E-state index in [1.807, 2.05) is 0 Å². The van der Waals surface area contributed by atoms with Crippen molar-refractivity contribution in [2.45, 2.75) is 51.5 Å². The van der Waals surface area contributed by atoms with Gasteiger partial charge in [0.2, 0.25) is 11.4 Å². The molecule has 0 aliphatic carbocycles. The summed E-state index contributed by atoms with van der Waals surface area (Å²) in [6.45, 7) is 5.64. The summed E-state index contributed by atoms with van der Waals surface area (Å²) >= 11 is 0. The van der Waals surface area contributed by atoms with Gasteiger partial charge in [-0.1, -0.05) is 26.0 Å². The molecule has 9 nitrogen and oxygen atoms in total. The number of benzene rings is 1. The van der Waals surface area contributed by atoms with Crippen LogP contribution in [-0.2, 0) is 19.8 Å². The van der Waals surface area contributed by atoms with E-state index in [0.29, 0.717) is 5.56 Å². The predicted octanol–water partition coefficient (Wildman–Crippen LogP) is 2.01. The maximum absolute atomic E-state index is 12.2. The number of nitro benzene ring substituents is 1. The minimum Gasteiger partial charge on any atom is -0.479 e. The lowest BCUT2D eigenvalue weighted by molar-refractivity contribution is -0.386. The molecule has 0 aromatic heterocycles. The number of carbonyl (C=O) groups excluding carboxylic acids is 1. The Kier molecular flexibility index (Phi) is 6.08. The molecule has 0 aliphatic rings. The average Bonchev–Trinajstić information content (AvgIpc) is 2.54. The minimum absolute atomic E-state index is 0.00597. The first-order valence-electron chi connectivity index (χ1n) is 8.01. The Morgan fingerprint density at radius 3 is 2.00 bits per heavy atom. The van der Waals surface area contributed by atoms with E-state index in [0.717, 1.165) is 6.92 Å². The molecule has 1 aromatic carbocycles. The fourth-order valence-electron chi connectivity index (χ4n) is 3.74. The van der Waals surface area contributed by atoms with Crippen LogP contribution in [0.1, 0.15) is 44.7 Å². The molecular weight excluding hydrogens is 344 g/mol. The van der Waals surface area contributed by atoms with Gasteiger partial charge in [-0.05, 0) is 25.3 Å². The third-order valence-electron chi connectivity index (χ3n) is 4.86. The summed E-state index contributed by atoms with van der Waals surface area (Å²) in [6.07, 6.45) is -0.123. The number of aliphatic carboxylic acids is 2. The van der Waals surface area contributed by atoms with Gasteiger partial charge in [0, 0.05) is 24.0 Å². The first-order chi connectivity index (χ1) is 12.0. The van der Waals surface area contributed by atoms with Gasteiger partial charge in [0.15, 0.2) is 0 Å². The molecular formula is C17H22N2O7. The first kappa shape index (κ1) is 21.1. The van der Waals surface area contributed by atoms with E-state index < -0.39 is 33.7 Å². The molecule has 9 heteroatoms. The van der Waals surface area contributed by atoms with Crippen molar-refractivity contribution in [1.82, 2.24) is 5.32 Å². The lowest BCUT2D eigenvalue weighted by Crippen LogP contribution is -2.71. The summed E-state index contributed by atoms with van der Waals surface area (Å²) in [5, 5.41) is 33.3. The van der Waals surface area contributed by atoms with E-state index in [1.54, 1.807) is 26.8 Å². The third-order valence-corrected chi connectivity index (χ3v) is 4.86. The topological polar surface area (TPSA) is 147 Å². The molecule has 0 radical (unpaired) electrons. The molecule has 1 aromatic rings. The Morgan fingerprint density at radius 2 is 1.65 bits per heavy atom. The van der Waals surface area contributed by atoms with Crippen LogP contribution in [0.3, 0.4) is 0 Å². The monoisotopic (exact) mass is 366 g/mol. The number of aryl methyl sites for hydroxylation is 1. The van der Waals surface area contributed by atoms with Crippen LogP contribution < -0.4 is 5.32 Å². The molecule has 0 saturated heterocycles. The Hall–Kier alpha value is -2.97. The van der Waals surface area contributed by atoms with Crippen LogP contribution in [0.2, 0.25) is 0 Å². The normalized spacial score (nSPS) is 11.7. The van der Waals surface area contributed by atoms with Gasteiger partial charge in [0.1, 0.15) is 0 Å². The zero-order valence-electron chi connectivity index (χ0n) is 15.0. The lowest BCUT2D eigenvalue weighted by atomic mass is 9.60. The Balaban J connectivity index is 4.11. The summed E-state index contributed by atoms with van der Waals surface area (Å²) in [4.78, 5) is 46.9. The van der Waals surface area contributed by atoms with Crippen LogP contribution in [0.4, 0.5) is 5.69 Å². The SMILES string of the molecule is CCC(CC)(c1c(C)cccc1[N+](=O)[O-])C(NC(C)=O)(C(=O)O)C(=O)O. The van der Waals surface area contributed by atoms with Crippen LogP contribution in [0.5, 0.6) is 0 Å². The highest BCUT2D eigenvalue weighted by molar-refractivity contribution is 6.08. The first-order valence-corrected chi connectivity index (χ1v) is 8.01. The molecule has 0 heterocycles. The second-order valence-corrected chi connectivity index (χ2v) is 6.06. The van der Waals surface area contributed by atoms with Crippen molar-refractivity contribution < 1.29 is 29.5 Å². The van der Waals surface area contributed by atoms with Crippen molar-refractivity contribution in [3.63, 3.8) is 0 Å². The van der Waals surface area contributed by atoms with Gasteiger partial charge in [-0.25, -0.2) is 9.59 Å². The van der Waals surface area contributed by atoms with E-state index in [2.05, 4.69) is 5.32 Å². The second kappa shape index (κ2) is 7.51. The molecule has 0 bridgehead atoms. The fraction of sp³-hybridized carbons (Fsp3) is 0.471. The minimum atomic E-state index is -2.76. The van der Waals surface area contributed by atoms with Gasteiger partial charge in [0.25, 0.3) is 5.69 Å². The Morgan fingerprint density at radius 1 is 1.15 bits per heavy atom. The van der Waals surface area contributed by atoms with Crippen LogP contribution in [0, 0.1) is 17.0 Å². The highest BCUT2D eigenvalue weighted by Gasteiger charge is 2.64. The van der Waals surface area contributed by atoms with Gasteiger partial charge in [-0.2, -0.15) is 0 Å². The van der Waals surface area contributed by atoms with Gasteiger partial charge in [-0.15, -0.1) is 0 Å². The highest BCUT2D eigenvalue weighted by atomic mass is 16.6. The molecule has 0 aliphatic heterocycles. The lowest BCUT2D eigenvalue weighted by Gasteiger charge is -2.45. The second-order valence-electron chi connectivity index (χ2n) is 6.06. The van der Waals surface area contributed by atoms with Gasteiger partial charge < -0.3 is 15.5 Å². The maximum atomic E-state index is 12.2. The van der Waals surface area contributed by atoms with Crippen molar-refractivity contribution in [3.8, 4) is 0 Å². The van der Waals surface area contributed by atoms with Crippen molar-refractivity contribution in [2.24, 2.45) is 0 Å². The smallest absolute Gasteiger partial charge is 0.342 e. The van der Waals surface area contributed by atoms with Crippen LogP contribution in [-0.4, -0.2) is 38.5 Å². The molecule has 142 valence electrons. The van der Waals surface area contributed by atoms with Crippen molar-refractivity contribution in [1.29, 1.82) is 0 Å². The number of nitrogens with one attached hydrogen (secondary N) is 1. The number of carbonyl (C=O) groups is 3. The average molecular weight is 366 g/mol. The number of amides is 1. The predicted molar refractivity (Wildman–Crippen MR) is 91.9 cm³/mol. The summed E-state index contributed by atoms with van der Waals surface area (Å²) in [5.74, 6) is -4.44. The quantitative estimate of drug-likeness (QED) is 0.362. The largest absolute Gasteiger partial charge is 0.479 e. The highest BCUT2D eigenvalue weighted by Crippen LogP contribution is 2.47. The molecule has 0 spiro atoms. The van der Waals surface area contributed by atoms with Crippen LogP contribution in [0.25, 0.3) is 0 Å². The number of carboxylic acid groups (broad SMARTS) is 2. The standard InChI is InChI=1S/C17H22N2O7/c1-5-16(6-2,13-10(3)8-7-9-12(13)19(25)26)17(14(21)22,15(23)24)18-11(4)20/h7-9H,5-6H2,1-4H3,(H,18,20)(H,21,22)(H,23,24). The summed E-state index contributed by atoms with van der Waals surface area (Å²) in [5.41, 5.74) is -4.52. The van der Waals surface area contributed by atoms with Crippen LogP contribution >= 0.6 is 0 Å². The molecule has 0 saturated carbocycles. The van der Waals surface area contributed by atoms with Crippen molar-refractivity contribution >= 4 is 23.5 Å². The zero-order valence-corrected chi connectivity index (χ0v) is 15.0. The maximum Gasteiger partial charge on any atom is 0.342 e. The number of nitrogens with zero attached hydrogens (tertiary/aromatic N) is 1. The summed E-state index contributed by atoms with van der Waals surface area (Å²) in [6, 6.07) is 4.18. The third kappa shape index (κ3) is 3.00. The van der Waals surface area contributed by atoms with E-state index in [4.69, 9.17) is 0 Å². The van der Waals surface area contributed by atoms with Gasteiger partial charge >= 0.3 is 11.9 Å². The molecule has 0 atom stereocenters. The summed E-state index contributed by atoms with van der Waals surface area (Å²) in [7, 11) is 0. The number of hydrogen-bond donors (Lipinski definition) is 3. The molecule has 26 heavy (non-hydrogen) atoms. The molecule has 1 amide bonds. The number of carboxylic acids is 2. The molecule has 0 unspecified atom stereocenters. The number of rotatable bonds is 8. The zero-order chi connectivity index (χ0) is 20.3. The van der Waals surface area contributed by atoms with E-state index in [9.17, 15) is 34.7 Å². The van der Waals surface area contributed by atoms with Crippen molar-refractivity contribution in [3.05, 3.63) is 39.4 Å². The Labute approximate surface area is 150 Å². The van der Waals surface area contributed by atoms with E-state index in [-0.39, 0.29) is 24.1 Å². The Bertz CT molecular complexity index is 739. The number of nitro groups is 1.